The number of Topliss-reactive ketones (excluding diaryl/α,β-unsaturated/α-hetero) is 1. The Bertz CT molecular complexity index is 969. The first kappa shape index (κ1) is 20.8. The van der Waals surface area contributed by atoms with Gasteiger partial charge in [0.15, 0.2) is 5.78 Å². The molecule has 0 fully saturated rings. The summed E-state index contributed by atoms with van der Waals surface area (Å²) in [6.07, 6.45) is 5.25. The van der Waals surface area contributed by atoms with E-state index in [9.17, 15) is 4.79 Å². The van der Waals surface area contributed by atoms with Crippen LogP contribution in [0.4, 0.5) is 11.4 Å². The first-order valence-electron chi connectivity index (χ1n) is 10.1. The standard InChI is InChI=1S/C25H30N2O2/c1-7-12-27-23-14-24(29-6)20(13-22(23)17(2)15-25(27,4)5)16-26-21-10-8-19(9-11-21)18(3)28/h8-11,13-16H,7,12H2,1-6H3. The van der Waals surface area contributed by atoms with Crippen molar-refractivity contribution in [3.05, 3.63) is 59.2 Å². The smallest absolute Gasteiger partial charge is 0.159 e. The molecule has 4 heteroatoms. The summed E-state index contributed by atoms with van der Waals surface area (Å²) in [4.78, 5) is 18.5. The van der Waals surface area contributed by atoms with E-state index in [0.717, 1.165) is 30.0 Å². The molecule has 29 heavy (non-hydrogen) atoms. The lowest BCUT2D eigenvalue weighted by atomic mass is 9.87. The maximum Gasteiger partial charge on any atom is 0.159 e. The summed E-state index contributed by atoms with van der Waals surface area (Å²) in [6.45, 7) is 11.4. The van der Waals surface area contributed by atoms with Gasteiger partial charge in [0.25, 0.3) is 0 Å². The lowest BCUT2D eigenvalue weighted by molar-refractivity contribution is 0.101. The van der Waals surface area contributed by atoms with Crippen LogP contribution in [0.1, 0.15) is 62.5 Å². The zero-order valence-electron chi connectivity index (χ0n) is 18.2. The number of carbonyl (C=O) groups is 1. The minimum absolute atomic E-state index is 0.0355. The normalized spacial score (nSPS) is 15.2. The van der Waals surface area contributed by atoms with Crippen molar-refractivity contribution in [2.45, 2.75) is 46.6 Å². The van der Waals surface area contributed by atoms with Gasteiger partial charge in [0, 0.05) is 41.2 Å². The summed E-state index contributed by atoms with van der Waals surface area (Å²) >= 11 is 0. The van der Waals surface area contributed by atoms with Crippen molar-refractivity contribution < 1.29 is 9.53 Å². The highest BCUT2D eigenvalue weighted by atomic mass is 16.5. The van der Waals surface area contributed by atoms with Crippen LogP contribution in [0.3, 0.4) is 0 Å². The summed E-state index contributed by atoms with van der Waals surface area (Å²) in [5.41, 5.74) is 6.08. The van der Waals surface area contributed by atoms with Crippen LogP contribution >= 0.6 is 0 Å². The Hall–Kier alpha value is -2.88. The Labute approximate surface area is 173 Å². The molecule has 1 heterocycles. The summed E-state index contributed by atoms with van der Waals surface area (Å²) < 4.78 is 5.70. The molecule has 2 aromatic rings. The molecule has 0 atom stereocenters. The fourth-order valence-electron chi connectivity index (χ4n) is 3.96. The average molecular weight is 391 g/mol. The Morgan fingerprint density at radius 2 is 1.90 bits per heavy atom. The largest absolute Gasteiger partial charge is 0.496 e. The van der Waals surface area contributed by atoms with Gasteiger partial charge in [-0.15, -0.1) is 0 Å². The van der Waals surface area contributed by atoms with Crippen LogP contribution in [0.15, 0.2) is 47.5 Å². The van der Waals surface area contributed by atoms with Gasteiger partial charge >= 0.3 is 0 Å². The highest BCUT2D eigenvalue weighted by molar-refractivity contribution is 5.95. The summed E-state index contributed by atoms with van der Waals surface area (Å²) in [5.74, 6) is 0.859. The third-order valence-corrected chi connectivity index (χ3v) is 5.40. The second-order valence-electron chi connectivity index (χ2n) is 8.11. The third-order valence-electron chi connectivity index (χ3n) is 5.40. The number of hydrogen-bond acceptors (Lipinski definition) is 4. The molecule has 3 rings (SSSR count). The van der Waals surface area contributed by atoms with E-state index in [-0.39, 0.29) is 11.3 Å². The second-order valence-corrected chi connectivity index (χ2v) is 8.11. The van der Waals surface area contributed by atoms with Crippen LogP contribution < -0.4 is 9.64 Å². The van der Waals surface area contributed by atoms with E-state index in [2.05, 4.69) is 55.8 Å². The highest BCUT2D eigenvalue weighted by Gasteiger charge is 2.31. The Morgan fingerprint density at radius 3 is 2.48 bits per heavy atom. The SMILES string of the molecule is CCCN1c2cc(OC)c(C=Nc3ccc(C(C)=O)cc3)cc2C(C)=CC1(C)C. The Morgan fingerprint density at radius 1 is 1.21 bits per heavy atom. The highest BCUT2D eigenvalue weighted by Crippen LogP contribution is 2.42. The molecule has 0 bridgehead atoms. The molecule has 1 aliphatic rings. The average Bonchev–Trinajstić information content (AvgIpc) is 2.69. The molecular weight excluding hydrogens is 360 g/mol. The molecule has 0 unspecified atom stereocenters. The van der Waals surface area contributed by atoms with Crippen LogP contribution in [0.5, 0.6) is 5.75 Å². The van der Waals surface area contributed by atoms with Gasteiger partial charge < -0.3 is 9.64 Å². The number of fused-ring (bicyclic) bond motifs is 1. The molecule has 0 aromatic heterocycles. The molecule has 0 saturated heterocycles. The van der Waals surface area contributed by atoms with Crippen LogP contribution in [0.25, 0.3) is 5.57 Å². The summed E-state index contributed by atoms with van der Waals surface area (Å²) in [5, 5.41) is 0. The molecule has 0 radical (unpaired) electrons. The lowest BCUT2D eigenvalue weighted by Gasteiger charge is -2.43. The molecule has 1 aliphatic heterocycles. The molecule has 152 valence electrons. The van der Waals surface area contributed by atoms with Crippen LogP contribution in [-0.2, 0) is 0 Å². The minimum Gasteiger partial charge on any atom is -0.496 e. The van der Waals surface area contributed by atoms with E-state index < -0.39 is 0 Å². The quantitative estimate of drug-likeness (QED) is 0.445. The summed E-state index contributed by atoms with van der Waals surface area (Å²) in [7, 11) is 1.70. The molecule has 0 aliphatic carbocycles. The van der Waals surface area contributed by atoms with Gasteiger partial charge in [0.05, 0.1) is 18.3 Å². The van der Waals surface area contributed by atoms with Gasteiger partial charge in [-0.05, 0) is 70.0 Å². The lowest BCUT2D eigenvalue weighted by Crippen LogP contribution is -2.45. The van der Waals surface area contributed by atoms with Crippen molar-refractivity contribution >= 4 is 28.9 Å². The third kappa shape index (κ3) is 4.26. The predicted octanol–water partition coefficient (Wildman–Crippen LogP) is 6.06. The number of aliphatic imine (C=N–C) groups is 1. The van der Waals surface area contributed by atoms with Crippen LogP contribution in [-0.4, -0.2) is 31.2 Å². The molecule has 0 spiro atoms. The topological polar surface area (TPSA) is 41.9 Å². The first-order valence-corrected chi connectivity index (χ1v) is 10.1. The fraction of sp³-hybridized carbons (Fsp3) is 0.360. The van der Waals surface area contributed by atoms with Crippen LogP contribution in [0.2, 0.25) is 0 Å². The number of allylic oxidation sites excluding steroid dienone is 1. The number of carbonyl (C=O) groups excluding carboxylic acids is 1. The Balaban J connectivity index is 2.01. The van der Waals surface area contributed by atoms with Gasteiger partial charge in [-0.1, -0.05) is 13.0 Å². The van der Waals surface area contributed by atoms with Crippen molar-refractivity contribution in [1.82, 2.24) is 0 Å². The number of ketones is 1. The maximum absolute atomic E-state index is 11.4. The van der Waals surface area contributed by atoms with Gasteiger partial charge in [0.1, 0.15) is 5.75 Å². The van der Waals surface area contributed by atoms with Crippen LogP contribution in [0, 0.1) is 0 Å². The van der Waals surface area contributed by atoms with Gasteiger partial charge in [-0.2, -0.15) is 0 Å². The Kier molecular flexibility index (Phi) is 5.92. The van der Waals surface area contributed by atoms with Gasteiger partial charge in [0.2, 0.25) is 0 Å². The molecule has 0 saturated carbocycles. The molecular formula is C25H30N2O2. The van der Waals surface area contributed by atoms with Gasteiger partial charge in [-0.3, -0.25) is 9.79 Å². The number of rotatable bonds is 6. The van der Waals surface area contributed by atoms with E-state index in [1.54, 1.807) is 26.2 Å². The maximum atomic E-state index is 11.4. The first-order chi connectivity index (χ1) is 13.8. The fourth-order valence-corrected chi connectivity index (χ4v) is 3.96. The predicted molar refractivity (Wildman–Crippen MR) is 122 cm³/mol. The monoisotopic (exact) mass is 390 g/mol. The van der Waals surface area contributed by atoms with Crippen molar-refractivity contribution in [2.24, 2.45) is 4.99 Å². The molecule has 2 aromatic carbocycles. The zero-order valence-corrected chi connectivity index (χ0v) is 18.2. The van der Waals surface area contributed by atoms with E-state index in [0.29, 0.717) is 5.56 Å². The zero-order chi connectivity index (χ0) is 21.2. The van der Waals surface area contributed by atoms with E-state index in [1.807, 2.05) is 18.3 Å². The van der Waals surface area contributed by atoms with Gasteiger partial charge in [-0.25, -0.2) is 0 Å². The van der Waals surface area contributed by atoms with Crippen molar-refractivity contribution in [1.29, 1.82) is 0 Å². The molecule has 0 amide bonds. The number of ether oxygens (including phenoxy) is 1. The van der Waals surface area contributed by atoms with E-state index in [1.165, 1.54) is 16.8 Å². The summed E-state index contributed by atoms with van der Waals surface area (Å²) in [6, 6.07) is 11.6. The second kappa shape index (κ2) is 8.24. The van der Waals surface area contributed by atoms with Crippen molar-refractivity contribution in [3.63, 3.8) is 0 Å². The van der Waals surface area contributed by atoms with Crippen molar-refractivity contribution in [3.8, 4) is 5.75 Å². The van der Waals surface area contributed by atoms with Crippen molar-refractivity contribution in [2.75, 3.05) is 18.6 Å². The number of benzene rings is 2. The van der Waals surface area contributed by atoms with E-state index in [4.69, 9.17) is 4.74 Å². The number of nitrogens with zero attached hydrogens (tertiary/aromatic N) is 2. The number of hydrogen-bond donors (Lipinski definition) is 0. The van der Waals surface area contributed by atoms with E-state index >= 15 is 0 Å². The number of methoxy groups -OCH3 is 1. The molecule has 0 N–H and O–H groups in total. The minimum atomic E-state index is -0.0355. The molecule has 4 nitrogen and oxygen atoms in total. The number of anilines is 1.